The molecule has 1 aromatic rings. The van der Waals surface area contributed by atoms with Crippen LogP contribution in [0.3, 0.4) is 0 Å². The molecule has 1 saturated heterocycles. The number of thioether (sulfide) groups is 1. The quantitative estimate of drug-likeness (QED) is 0.639. The zero-order chi connectivity index (χ0) is 13.7. The van der Waals surface area contributed by atoms with E-state index in [0.29, 0.717) is 12.0 Å². The van der Waals surface area contributed by atoms with Crippen LogP contribution in [0.5, 0.6) is 0 Å². The summed E-state index contributed by atoms with van der Waals surface area (Å²) in [5.41, 5.74) is 0. The van der Waals surface area contributed by atoms with Gasteiger partial charge < -0.3 is 15.4 Å². The van der Waals surface area contributed by atoms with Crippen molar-refractivity contribution in [3.05, 3.63) is 6.07 Å². The zero-order valence-electron chi connectivity index (χ0n) is 11.8. The molecule has 1 unspecified atom stereocenters. The van der Waals surface area contributed by atoms with Crippen LogP contribution < -0.4 is 10.6 Å². The monoisotopic (exact) mass is 282 g/mol. The fraction of sp³-hybridized carbons (Fsp3) is 0.692. The molecule has 0 saturated carbocycles. The summed E-state index contributed by atoms with van der Waals surface area (Å²) in [4.78, 5) is 8.88. The highest BCUT2D eigenvalue weighted by Crippen LogP contribution is 2.23. The van der Waals surface area contributed by atoms with Gasteiger partial charge in [0.1, 0.15) is 11.6 Å². The lowest BCUT2D eigenvalue weighted by molar-refractivity contribution is 0.0622. The van der Waals surface area contributed by atoms with E-state index in [4.69, 9.17) is 4.74 Å². The van der Waals surface area contributed by atoms with Gasteiger partial charge in [0.2, 0.25) is 0 Å². The molecule has 2 heterocycles. The van der Waals surface area contributed by atoms with Crippen molar-refractivity contribution in [3.8, 4) is 0 Å². The molecule has 1 aromatic heterocycles. The summed E-state index contributed by atoms with van der Waals surface area (Å²) in [6.45, 7) is 3.96. The van der Waals surface area contributed by atoms with E-state index in [-0.39, 0.29) is 0 Å². The van der Waals surface area contributed by atoms with Gasteiger partial charge in [-0.1, -0.05) is 11.8 Å². The summed E-state index contributed by atoms with van der Waals surface area (Å²) in [6, 6.07) is 2.36. The minimum Gasteiger partial charge on any atom is -0.381 e. The molecule has 1 aliphatic heterocycles. The first-order valence-electron chi connectivity index (χ1n) is 6.68. The van der Waals surface area contributed by atoms with Gasteiger partial charge in [0, 0.05) is 32.4 Å². The summed E-state index contributed by atoms with van der Waals surface area (Å²) in [5, 5.41) is 7.36. The topological polar surface area (TPSA) is 59.1 Å². The van der Waals surface area contributed by atoms with Crippen LogP contribution in [0, 0.1) is 5.92 Å². The van der Waals surface area contributed by atoms with E-state index in [1.165, 1.54) is 0 Å². The lowest BCUT2D eigenvalue weighted by Crippen LogP contribution is -2.31. The van der Waals surface area contributed by atoms with E-state index in [9.17, 15) is 0 Å². The molecule has 0 bridgehead atoms. The van der Waals surface area contributed by atoms with Crippen molar-refractivity contribution in [3.63, 3.8) is 0 Å². The van der Waals surface area contributed by atoms with Crippen LogP contribution in [0.1, 0.15) is 19.8 Å². The molecular formula is C13H22N4OS. The van der Waals surface area contributed by atoms with Crippen molar-refractivity contribution in [2.75, 3.05) is 37.2 Å². The predicted molar refractivity (Wildman–Crippen MR) is 80.0 cm³/mol. The second-order valence-electron chi connectivity index (χ2n) is 4.76. The Morgan fingerprint density at radius 2 is 2.00 bits per heavy atom. The molecular weight excluding hydrogens is 260 g/mol. The Balaban J connectivity index is 2.04. The molecule has 0 aromatic carbocycles. The fourth-order valence-corrected chi connectivity index (χ4v) is 2.66. The maximum Gasteiger partial charge on any atom is 0.191 e. The number of aromatic nitrogens is 2. The first-order chi connectivity index (χ1) is 9.22. The van der Waals surface area contributed by atoms with E-state index in [1.807, 2.05) is 19.4 Å². The Labute approximate surface area is 118 Å². The Hall–Kier alpha value is -1.01. The van der Waals surface area contributed by atoms with Gasteiger partial charge in [0.25, 0.3) is 0 Å². The molecule has 2 rings (SSSR count). The van der Waals surface area contributed by atoms with Gasteiger partial charge in [-0.2, -0.15) is 0 Å². The Morgan fingerprint density at radius 3 is 2.63 bits per heavy atom. The van der Waals surface area contributed by atoms with Gasteiger partial charge in [0.15, 0.2) is 5.16 Å². The normalized spacial score (nSPS) is 18.1. The van der Waals surface area contributed by atoms with Gasteiger partial charge in [-0.05, 0) is 31.9 Å². The molecule has 0 spiro atoms. The first-order valence-corrected chi connectivity index (χ1v) is 7.90. The molecule has 2 N–H and O–H groups in total. The van der Waals surface area contributed by atoms with Gasteiger partial charge >= 0.3 is 0 Å². The third-order valence-corrected chi connectivity index (χ3v) is 4.04. The summed E-state index contributed by atoms with van der Waals surface area (Å²) in [6.07, 6.45) is 4.22. The second-order valence-corrected chi connectivity index (χ2v) is 5.53. The van der Waals surface area contributed by atoms with Crippen LogP contribution in [0.2, 0.25) is 0 Å². The van der Waals surface area contributed by atoms with E-state index in [1.54, 1.807) is 11.8 Å². The lowest BCUT2D eigenvalue weighted by Gasteiger charge is -2.28. The third kappa shape index (κ3) is 3.98. The largest absolute Gasteiger partial charge is 0.381 e. The average molecular weight is 282 g/mol. The Morgan fingerprint density at radius 1 is 1.32 bits per heavy atom. The molecule has 1 atom stereocenters. The summed E-state index contributed by atoms with van der Waals surface area (Å²) < 4.78 is 5.41. The summed E-state index contributed by atoms with van der Waals surface area (Å²) in [5.74, 6) is 2.39. The highest BCUT2D eigenvalue weighted by atomic mass is 32.2. The molecule has 106 valence electrons. The van der Waals surface area contributed by atoms with E-state index in [2.05, 4.69) is 27.5 Å². The lowest BCUT2D eigenvalue weighted by atomic mass is 9.93. The Bertz CT molecular complexity index is 387. The first kappa shape index (κ1) is 14.4. The summed E-state index contributed by atoms with van der Waals surface area (Å²) >= 11 is 1.55. The van der Waals surface area contributed by atoms with Crippen molar-refractivity contribution in [1.82, 2.24) is 9.97 Å². The minimum atomic E-state index is 0.401. The third-order valence-electron chi connectivity index (χ3n) is 3.49. The smallest absolute Gasteiger partial charge is 0.191 e. The molecule has 0 aliphatic carbocycles. The standard InChI is InChI=1S/C13H22N4OS/c1-9(10-4-6-18-7-5-10)15-12-8-11(14-2)16-13(17-12)19-3/h8-10H,4-7H2,1-3H3,(H2,14,15,16,17). The van der Waals surface area contributed by atoms with Gasteiger partial charge in [0.05, 0.1) is 0 Å². The SMILES string of the molecule is CNc1cc(NC(C)C2CCOCC2)nc(SC)n1. The second kappa shape index (κ2) is 6.96. The number of nitrogens with zero attached hydrogens (tertiary/aromatic N) is 2. The minimum absolute atomic E-state index is 0.401. The molecule has 19 heavy (non-hydrogen) atoms. The Kier molecular flexibility index (Phi) is 5.27. The van der Waals surface area contributed by atoms with Crippen LogP contribution in [0.25, 0.3) is 0 Å². The van der Waals surface area contributed by atoms with Crippen molar-refractivity contribution in [2.45, 2.75) is 31.0 Å². The van der Waals surface area contributed by atoms with Crippen LogP contribution in [0.4, 0.5) is 11.6 Å². The number of hydrogen-bond donors (Lipinski definition) is 2. The number of ether oxygens (including phenoxy) is 1. The molecule has 6 heteroatoms. The summed E-state index contributed by atoms with van der Waals surface area (Å²) in [7, 11) is 1.87. The van der Waals surface area contributed by atoms with Crippen molar-refractivity contribution >= 4 is 23.4 Å². The van der Waals surface area contributed by atoms with Crippen LogP contribution >= 0.6 is 11.8 Å². The van der Waals surface area contributed by atoms with E-state index < -0.39 is 0 Å². The highest BCUT2D eigenvalue weighted by Gasteiger charge is 2.20. The van der Waals surface area contributed by atoms with Crippen molar-refractivity contribution in [1.29, 1.82) is 0 Å². The van der Waals surface area contributed by atoms with E-state index in [0.717, 1.165) is 42.8 Å². The van der Waals surface area contributed by atoms with Crippen molar-refractivity contribution < 1.29 is 4.74 Å². The molecule has 5 nitrogen and oxygen atoms in total. The van der Waals surface area contributed by atoms with Crippen LogP contribution in [-0.2, 0) is 4.74 Å². The number of anilines is 2. The zero-order valence-corrected chi connectivity index (χ0v) is 12.6. The predicted octanol–water partition coefficient (Wildman–Crippen LogP) is 2.47. The molecule has 0 radical (unpaired) electrons. The van der Waals surface area contributed by atoms with Crippen molar-refractivity contribution in [2.24, 2.45) is 5.92 Å². The van der Waals surface area contributed by atoms with Crippen LogP contribution in [0.15, 0.2) is 11.2 Å². The maximum absolute atomic E-state index is 5.41. The average Bonchev–Trinajstić information content (AvgIpc) is 2.47. The number of rotatable bonds is 5. The molecule has 0 amide bonds. The molecule has 1 aliphatic rings. The molecule has 1 fully saturated rings. The van der Waals surface area contributed by atoms with E-state index >= 15 is 0 Å². The van der Waals surface area contributed by atoms with Gasteiger partial charge in [-0.3, -0.25) is 0 Å². The fourth-order valence-electron chi connectivity index (χ4n) is 2.29. The van der Waals surface area contributed by atoms with Gasteiger partial charge in [-0.25, -0.2) is 9.97 Å². The van der Waals surface area contributed by atoms with Crippen LogP contribution in [-0.4, -0.2) is 42.5 Å². The maximum atomic E-state index is 5.41. The van der Waals surface area contributed by atoms with Gasteiger partial charge in [-0.15, -0.1) is 0 Å². The number of nitrogens with one attached hydrogen (secondary N) is 2. The highest BCUT2D eigenvalue weighted by molar-refractivity contribution is 7.98. The number of hydrogen-bond acceptors (Lipinski definition) is 6.